The Bertz CT molecular complexity index is 347. The Hall–Kier alpha value is -1.03. The van der Waals surface area contributed by atoms with Gasteiger partial charge < -0.3 is 14.8 Å². The molecule has 0 saturated carbocycles. The van der Waals surface area contributed by atoms with Crippen LogP contribution in [0.15, 0.2) is 12.4 Å². The molecule has 0 aromatic carbocycles. The lowest BCUT2D eigenvalue weighted by atomic mass is 10.1. The monoisotopic (exact) mass is 250 g/mol. The number of hydrogen-bond donors (Lipinski definition) is 1. The minimum absolute atomic E-state index is 0.779. The zero-order valence-electron chi connectivity index (χ0n) is 11.7. The Morgan fingerprint density at radius 2 is 2.33 bits per heavy atom. The topological polar surface area (TPSA) is 33.1 Å². The van der Waals surface area contributed by atoms with Crippen LogP contribution in [0.1, 0.15) is 33.1 Å². The molecule has 1 fully saturated rings. The molecule has 1 aliphatic heterocycles. The van der Waals surface area contributed by atoms with E-state index in [9.17, 15) is 0 Å². The highest BCUT2D eigenvalue weighted by Crippen LogP contribution is 2.16. The van der Waals surface area contributed by atoms with Crippen molar-refractivity contribution in [2.75, 3.05) is 31.5 Å². The van der Waals surface area contributed by atoms with Crippen LogP contribution in [-0.4, -0.2) is 40.6 Å². The van der Waals surface area contributed by atoms with Crippen molar-refractivity contribution in [1.82, 2.24) is 14.5 Å². The summed E-state index contributed by atoms with van der Waals surface area (Å²) in [7, 11) is 0. The Labute approximate surface area is 110 Å². The fourth-order valence-corrected chi connectivity index (χ4v) is 2.59. The van der Waals surface area contributed by atoms with Crippen LogP contribution in [-0.2, 0) is 6.54 Å². The summed E-state index contributed by atoms with van der Waals surface area (Å²) in [6.45, 7) is 10.3. The highest BCUT2D eigenvalue weighted by Gasteiger charge is 2.21. The molecule has 2 heterocycles. The van der Waals surface area contributed by atoms with E-state index in [1.54, 1.807) is 0 Å². The summed E-state index contributed by atoms with van der Waals surface area (Å²) in [6, 6.07) is 0. The maximum Gasteiger partial charge on any atom is 0.202 e. The molecule has 1 N–H and O–H groups in total. The van der Waals surface area contributed by atoms with Gasteiger partial charge in [0.05, 0.1) is 0 Å². The Balaban J connectivity index is 1.78. The number of aromatic nitrogens is 2. The van der Waals surface area contributed by atoms with Gasteiger partial charge in [-0.2, -0.15) is 0 Å². The fourth-order valence-electron chi connectivity index (χ4n) is 2.59. The summed E-state index contributed by atoms with van der Waals surface area (Å²) in [4.78, 5) is 6.93. The van der Waals surface area contributed by atoms with Crippen LogP contribution in [0, 0.1) is 5.92 Å². The van der Waals surface area contributed by atoms with Crippen LogP contribution >= 0.6 is 0 Å². The number of anilines is 1. The van der Waals surface area contributed by atoms with Gasteiger partial charge in [-0.25, -0.2) is 4.98 Å². The average molecular weight is 250 g/mol. The minimum atomic E-state index is 0.779. The Morgan fingerprint density at radius 1 is 1.44 bits per heavy atom. The molecule has 0 radical (unpaired) electrons. The van der Waals surface area contributed by atoms with Crippen molar-refractivity contribution in [2.24, 2.45) is 5.92 Å². The molecule has 2 rings (SSSR count). The van der Waals surface area contributed by atoms with Gasteiger partial charge in [0, 0.05) is 32.0 Å². The van der Waals surface area contributed by atoms with Gasteiger partial charge >= 0.3 is 0 Å². The molecule has 1 aliphatic rings. The second-order valence-electron chi connectivity index (χ2n) is 5.23. The quantitative estimate of drug-likeness (QED) is 0.807. The number of nitrogens with one attached hydrogen (secondary N) is 1. The van der Waals surface area contributed by atoms with Crippen LogP contribution < -0.4 is 5.32 Å². The zero-order chi connectivity index (χ0) is 12.8. The second-order valence-corrected chi connectivity index (χ2v) is 5.23. The molecule has 1 aromatic heterocycles. The highest BCUT2D eigenvalue weighted by atomic mass is 15.2. The number of imidazole rings is 1. The van der Waals surface area contributed by atoms with Crippen molar-refractivity contribution in [3.05, 3.63) is 12.4 Å². The van der Waals surface area contributed by atoms with Crippen molar-refractivity contribution in [1.29, 1.82) is 0 Å². The molecule has 0 aliphatic carbocycles. The smallest absolute Gasteiger partial charge is 0.202 e. The van der Waals surface area contributed by atoms with Gasteiger partial charge in [-0.3, -0.25) is 0 Å². The van der Waals surface area contributed by atoms with Gasteiger partial charge in [0.2, 0.25) is 5.95 Å². The molecular formula is C14H26N4. The Kier molecular flexibility index (Phi) is 5.05. The zero-order valence-corrected chi connectivity index (χ0v) is 11.7. The second kappa shape index (κ2) is 6.78. The summed E-state index contributed by atoms with van der Waals surface area (Å²) >= 11 is 0. The van der Waals surface area contributed by atoms with E-state index in [0.717, 1.165) is 25.0 Å². The highest BCUT2D eigenvalue weighted by molar-refractivity contribution is 5.25. The lowest BCUT2D eigenvalue weighted by molar-refractivity contribution is 0.344. The van der Waals surface area contributed by atoms with Crippen molar-refractivity contribution >= 4 is 5.95 Å². The third-order valence-corrected chi connectivity index (χ3v) is 3.83. The Morgan fingerprint density at radius 3 is 3.06 bits per heavy atom. The SMILES string of the molecule is CCCCn1ccnc1NCC1CCN(CC)C1. The van der Waals surface area contributed by atoms with Gasteiger partial charge in [-0.05, 0) is 31.8 Å². The van der Waals surface area contributed by atoms with Crippen LogP contribution in [0.4, 0.5) is 5.95 Å². The summed E-state index contributed by atoms with van der Waals surface area (Å²) in [5, 5.41) is 3.51. The normalized spacial score (nSPS) is 20.4. The first-order valence-corrected chi connectivity index (χ1v) is 7.30. The molecular weight excluding hydrogens is 224 g/mol. The van der Waals surface area contributed by atoms with Crippen molar-refractivity contribution in [3.8, 4) is 0 Å². The lowest BCUT2D eigenvalue weighted by Gasteiger charge is -2.15. The average Bonchev–Trinajstić information content (AvgIpc) is 3.02. The first kappa shape index (κ1) is 13.4. The van der Waals surface area contributed by atoms with E-state index in [2.05, 4.69) is 39.8 Å². The van der Waals surface area contributed by atoms with E-state index in [0.29, 0.717) is 0 Å². The largest absolute Gasteiger partial charge is 0.355 e. The third-order valence-electron chi connectivity index (χ3n) is 3.83. The number of aryl methyl sites for hydroxylation is 1. The van der Waals surface area contributed by atoms with Gasteiger partial charge in [0.25, 0.3) is 0 Å². The molecule has 1 saturated heterocycles. The lowest BCUT2D eigenvalue weighted by Crippen LogP contribution is -2.23. The van der Waals surface area contributed by atoms with Gasteiger partial charge in [0.1, 0.15) is 0 Å². The minimum Gasteiger partial charge on any atom is -0.355 e. The van der Waals surface area contributed by atoms with E-state index in [-0.39, 0.29) is 0 Å². The predicted molar refractivity (Wildman–Crippen MR) is 75.8 cm³/mol. The summed E-state index contributed by atoms with van der Waals surface area (Å²) in [5.41, 5.74) is 0. The summed E-state index contributed by atoms with van der Waals surface area (Å²) in [6.07, 6.45) is 7.73. The van der Waals surface area contributed by atoms with Crippen LogP contribution in [0.25, 0.3) is 0 Å². The first-order chi connectivity index (χ1) is 8.83. The van der Waals surface area contributed by atoms with Crippen molar-refractivity contribution < 1.29 is 0 Å². The van der Waals surface area contributed by atoms with E-state index < -0.39 is 0 Å². The van der Waals surface area contributed by atoms with Gasteiger partial charge in [-0.1, -0.05) is 20.3 Å². The maximum atomic E-state index is 4.41. The van der Waals surface area contributed by atoms with Gasteiger partial charge in [0.15, 0.2) is 0 Å². The van der Waals surface area contributed by atoms with Crippen LogP contribution in [0.3, 0.4) is 0 Å². The molecule has 18 heavy (non-hydrogen) atoms. The van der Waals surface area contributed by atoms with Crippen LogP contribution in [0.2, 0.25) is 0 Å². The van der Waals surface area contributed by atoms with E-state index in [1.165, 1.54) is 38.9 Å². The fraction of sp³-hybridized carbons (Fsp3) is 0.786. The number of unbranched alkanes of at least 4 members (excludes halogenated alkanes) is 1. The molecule has 1 atom stereocenters. The molecule has 0 amide bonds. The molecule has 0 spiro atoms. The first-order valence-electron chi connectivity index (χ1n) is 7.30. The number of hydrogen-bond acceptors (Lipinski definition) is 3. The van der Waals surface area contributed by atoms with Gasteiger partial charge in [-0.15, -0.1) is 0 Å². The van der Waals surface area contributed by atoms with Crippen molar-refractivity contribution in [2.45, 2.75) is 39.7 Å². The molecule has 0 bridgehead atoms. The van der Waals surface area contributed by atoms with Crippen LogP contribution in [0.5, 0.6) is 0 Å². The van der Waals surface area contributed by atoms with Crippen molar-refractivity contribution in [3.63, 3.8) is 0 Å². The number of nitrogens with zero attached hydrogens (tertiary/aromatic N) is 3. The third kappa shape index (κ3) is 3.48. The molecule has 102 valence electrons. The summed E-state index contributed by atoms with van der Waals surface area (Å²) < 4.78 is 2.23. The molecule has 4 heteroatoms. The van der Waals surface area contributed by atoms with E-state index in [1.807, 2.05) is 6.20 Å². The van der Waals surface area contributed by atoms with E-state index in [4.69, 9.17) is 0 Å². The molecule has 1 aromatic rings. The standard InChI is InChI=1S/C14H26N4/c1-3-5-8-18-10-7-15-14(18)16-11-13-6-9-17(4-2)12-13/h7,10,13H,3-6,8-9,11-12H2,1-2H3,(H,15,16). The maximum absolute atomic E-state index is 4.41. The molecule has 1 unspecified atom stereocenters. The number of rotatable bonds is 7. The predicted octanol–water partition coefficient (Wildman–Crippen LogP) is 2.44. The van der Waals surface area contributed by atoms with E-state index >= 15 is 0 Å². The summed E-state index contributed by atoms with van der Waals surface area (Å²) in [5.74, 6) is 1.82. The molecule has 4 nitrogen and oxygen atoms in total. The number of likely N-dealkylation sites (tertiary alicyclic amines) is 1.